The van der Waals surface area contributed by atoms with Gasteiger partial charge >= 0.3 is 0 Å². The Morgan fingerprint density at radius 1 is 1.19 bits per heavy atom. The van der Waals surface area contributed by atoms with Crippen LogP contribution in [0.5, 0.6) is 0 Å². The van der Waals surface area contributed by atoms with E-state index in [4.69, 9.17) is 0 Å². The molecule has 0 aliphatic rings. The molecule has 0 saturated heterocycles. The van der Waals surface area contributed by atoms with Gasteiger partial charge in [0.15, 0.2) is 0 Å². The molecule has 0 aliphatic carbocycles. The van der Waals surface area contributed by atoms with Crippen LogP contribution in [0.4, 0.5) is 10.1 Å². The molecule has 2 aromatic carbocycles. The maximum absolute atomic E-state index is 13.6. The van der Waals surface area contributed by atoms with Crippen molar-refractivity contribution in [1.29, 1.82) is 0 Å². The van der Waals surface area contributed by atoms with E-state index in [-0.39, 0.29) is 11.7 Å². The number of hydrogen-bond acceptors (Lipinski definition) is 3. The summed E-state index contributed by atoms with van der Waals surface area (Å²) in [5, 5.41) is 2.90. The van der Waals surface area contributed by atoms with Gasteiger partial charge in [-0.1, -0.05) is 42.8 Å². The summed E-state index contributed by atoms with van der Waals surface area (Å²) >= 11 is 0. The Morgan fingerprint density at radius 2 is 1.81 bits per heavy atom. The number of aryl methyl sites for hydroxylation is 1. The molecule has 0 fully saturated rings. The largest absolute Gasteiger partial charge is 0.347 e. The highest BCUT2D eigenvalue weighted by Crippen LogP contribution is 2.23. The summed E-state index contributed by atoms with van der Waals surface area (Å²) in [6, 6.07) is 11.7. The molecule has 0 bridgehead atoms. The summed E-state index contributed by atoms with van der Waals surface area (Å²) in [5.41, 5.74) is 2.17. The number of nitrogens with zero attached hydrogens (tertiary/aromatic N) is 1. The predicted molar refractivity (Wildman–Crippen MR) is 106 cm³/mol. The molecule has 5 nitrogen and oxygen atoms in total. The van der Waals surface area contributed by atoms with Crippen molar-refractivity contribution in [3.05, 3.63) is 65.5 Å². The fourth-order valence-electron chi connectivity index (χ4n) is 2.93. The predicted octanol–water partition coefficient (Wildman–Crippen LogP) is 3.56. The summed E-state index contributed by atoms with van der Waals surface area (Å²) < 4.78 is 39.1. The molecular formula is C20H25FN2O3S. The van der Waals surface area contributed by atoms with E-state index in [1.165, 1.54) is 25.1 Å². The highest BCUT2D eigenvalue weighted by atomic mass is 32.2. The molecule has 2 aromatic rings. The van der Waals surface area contributed by atoms with E-state index < -0.39 is 27.8 Å². The number of hydrogen-bond donors (Lipinski definition) is 1. The maximum atomic E-state index is 13.6. The Balaban J connectivity index is 2.27. The number of benzene rings is 2. The molecule has 27 heavy (non-hydrogen) atoms. The smallest absolute Gasteiger partial charge is 0.244 e. The van der Waals surface area contributed by atoms with Crippen molar-refractivity contribution in [2.45, 2.75) is 39.3 Å². The Hall–Kier alpha value is -2.41. The van der Waals surface area contributed by atoms with Crippen LogP contribution in [-0.4, -0.2) is 26.6 Å². The fraction of sp³-hybridized carbons (Fsp3) is 0.350. The zero-order valence-electron chi connectivity index (χ0n) is 15.9. The molecule has 146 valence electrons. The molecule has 0 heterocycles. The van der Waals surface area contributed by atoms with Crippen molar-refractivity contribution in [2.24, 2.45) is 0 Å². The quantitative estimate of drug-likeness (QED) is 0.784. The number of halogens is 1. The molecular weight excluding hydrogens is 367 g/mol. The van der Waals surface area contributed by atoms with Crippen molar-refractivity contribution >= 4 is 21.6 Å². The minimum atomic E-state index is -3.79. The van der Waals surface area contributed by atoms with Gasteiger partial charge in [-0.05, 0) is 44.0 Å². The zero-order chi connectivity index (χ0) is 20.2. The first-order valence-corrected chi connectivity index (χ1v) is 10.6. The summed E-state index contributed by atoms with van der Waals surface area (Å²) in [7, 11) is -3.79. The number of sulfonamides is 1. The Kier molecular flexibility index (Phi) is 6.59. The molecule has 2 rings (SSSR count). The van der Waals surface area contributed by atoms with Crippen LogP contribution in [0.1, 0.15) is 37.4 Å². The van der Waals surface area contributed by atoms with Crippen molar-refractivity contribution in [2.75, 3.05) is 10.6 Å². The van der Waals surface area contributed by atoms with E-state index in [2.05, 4.69) is 5.32 Å². The van der Waals surface area contributed by atoms with Gasteiger partial charge in [0, 0.05) is 0 Å². The van der Waals surface area contributed by atoms with Gasteiger partial charge in [-0.15, -0.1) is 0 Å². The van der Waals surface area contributed by atoms with Crippen LogP contribution in [-0.2, 0) is 14.8 Å². The average Bonchev–Trinajstić information content (AvgIpc) is 2.59. The summed E-state index contributed by atoms with van der Waals surface area (Å²) in [6.07, 6.45) is 1.65. The Labute approximate surface area is 160 Å². The van der Waals surface area contributed by atoms with Gasteiger partial charge in [0.25, 0.3) is 0 Å². The van der Waals surface area contributed by atoms with E-state index in [1.807, 2.05) is 38.1 Å². The molecule has 1 N–H and O–H groups in total. The van der Waals surface area contributed by atoms with Crippen LogP contribution in [0, 0.1) is 12.7 Å². The lowest BCUT2D eigenvalue weighted by atomic mass is 10.0. The van der Waals surface area contributed by atoms with E-state index in [0.717, 1.165) is 27.8 Å². The van der Waals surface area contributed by atoms with E-state index >= 15 is 0 Å². The molecule has 1 amide bonds. The van der Waals surface area contributed by atoms with Gasteiger partial charge in [0.1, 0.15) is 11.9 Å². The van der Waals surface area contributed by atoms with Crippen molar-refractivity contribution in [3.63, 3.8) is 0 Å². The average molecular weight is 392 g/mol. The number of rotatable bonds is 7. The van der Waals surface area contributed by atoms with Crippen LogP contribution >= 0.6 is 0 Å². The van der Waals surface area contributed by atoms with Crippen LogP contribution in [0.2, 0.25) is 0 Å². The molecule has 0 spiro atoms. The first-order valence-electron chi connectivity index (χ1n) is 8.75. The normalized spacial score (nSPS) is 13.7. The monoisotopic (exact) mass is 392 g/mol. The number of carbonyl (C=O) groups excluding carboxylic acids is 1. The van der Waals surface area contributed by atoms with Gasteiger partial charge in [0.05, 0.1) is 18.0 Å². The molecule has 2 atom stereocenters. The standard InChI is InChI=1S/C20H25FN2O3S/c1-5-19(16-11-9-14(2)10-12-16)22-20(24)15(3)23(27(4,25)26)18-8-6-7-17(21)13-18/h6-13,15,19H,5H2,1-4H3,(H,22,24)/t15-,19+/m1/s1. The lowest BCUT2D eigenvalue weighted by molar-refractivity contribution is -0.122. The fourth-order valence-corrected chi connectivity index (χ4v) is 4.10. The Morgan fingerprint density at radius 3 is 2.33 bits per heavy atom. The van der Waals surface area contributed by atoms with Gasteiger partial charge < -0.3 is 5.32 Å². The second kappa shape index (κ2) is 8.52. The molecule has 0 saturated carbocycles. The SMILES string of the molecule is CC[C@H](NC(=O)[C@@H](C)N(c1cccc(F)c1)S(C)(=O)=O)c1ccc(C)cc1. The number of anilines is 1. The number of carbonyl (C=O) groups is 1. The van der Waals surface area contributed by atoms with E-state index in [0.29, 0.717) is 6.42 Å². The van der Waals surface area contributed by atoms with E-state index in [9.17, 15) is 17.6 Å². The molecule has 7 heteroatoms. The van der Waals surface area contributed by atoms with Crippen molar-refractivity contribution in [1.82, 2.24) is 5.32 Å². The summed E-state index contributed by atoms with van der Waals surface area (Å²) in [6.45, 7) is 5.41. The first kappa shape index (κ1) is 20.9. The number of amides is 1. The van der Waals surface area contributed by atoms with Gasteiger partial charge in [-0.3, -0.25) is 9.10 Å². The zero-order valence-corrected chi connectivity index (χ0v) is 16.8. The van der Waals surface area contributed by atoms with Crippen molar-refractivity contribution < 1.29 is 17.6 Å². The summed E-state index contributed by atoms with van der Waals surface area (Å²) in [5.74, 6) is -1.02. The van der Waals surface area contributed by atoms with Crippen LogP contribution in [0.3, 0.4) is 0 Å². The number of nitrogens with one attached hydrogen (secondary N) is 1. The van der Waals surface area contributed by atoms with Crippen LogP contribution < -0.4 is 9.62 Å². The third kappa shape index (κ3) is 5.29. The molecule has 0 radical (unpaired) electrons. The molecule has 0 unspecified atom stereocenters. The van der Waals surface area contributed by atoms with Crippen molar-refractivity contribution in [3.8, 4) is 0 Å². The lowest BCUT2D eigenvalue weighted by Crippen LogP contribution is -2.48. The highest BCUT2D eigenvalue weighted by Gasteiger charge is 2.30. The van der Waals surface area contributed by atoms with Gasteiger partial charge in [-0.2, -0.15) is 0 Å². The first-order chi connectivity index (χ1) is 12.6. The van der Waals surface area contributed by atoms with Crippen LogP contribution in [0.15, 0.2) is 48.5 Å². The second-order valence-corrected chi connectivity index (χ2v) is 8.45. The lowest BCUT2D eigenvalue weighted by Gasteiger charge is -2.29. The van der Waals surface area contributed by atoms with Gasteiger partial charge in [-0.25, -0.2) is 12.8 Å². The second-order valence-electron chi connectivity index (χ2n) is 6.59. The third-order valence-corrected chi connectivity index (χ3v) is 5.60. The Bertz CT molecular complexity index is 898. The minimum Gasteiger partial charge on any atom is -0.347 e. The van der Waals surface area contributed by atoms with Gasteiger partial charge in [0.2, 0.25) is 15.9 Å². The molecule has 0 aliphatic heterocycles. The summed E-state index contributed by atoms with van der Waals surface area (Å²) in [4.78, 5) is 12.8. The van der Waals surface area contributed by atoms with E-state index in [1.54, 1.807) is 0 Å². The highest BCUT2D eigenvalue weighted by molar-refractivity contribution is 7.92. The molecule has 0 aromatic heterocycles. The topological polar surface area (TPSA) is 66.5 Å². The third-order valence-electron chi connectivity index (χ3n) is 4.36. The maximum Gasteiger partial charge on any atom is 0.244 e. The van der Waals surface area contributed by atoms with Crippen LogP contribution in [0.25, 0.3) is 0 Å². The minimum absolute atomic E-state index is 0.114.